The van der Waals surface area contributed by atoms with Crippen molar-refractivity contribution in [2.45, 2.75) is 13.3 Å². The van der Waals surface area contributed by atoms with Crippen molar-refractivity contribution < 1.29 is 5.11 Å². The fourth-order valence-corrected chi connectivity index (χ4v) is 1.40. The second-order valence-electron chi connectivity index (χ2n) is 2.72. The van der Waals surface area contributed by atoms with Gasteiger partial charge in [-0.15, -0.1) is 0 Å². The van der Waals surface area contributed by atoms with Crippen LogP contribution >= 0.6 is 0 Å². The fraction of sp³-hybridized carbons (Fsp3) is 0.222. The van der Waals surface area contributed by atoms with Gasteiger partial charge < -0.3 is 10.1 Å². The number of hydrogen-bond donors (Lipinski definition) is 2. The molecule has 1 heterocycles. The summed E-state index contributed by atoms with van der Waals surface area (Å²) < 4.78 is 0. The second-order valence-corrected chi connectivity index (χ2v) is 2.72. The number of aryl methyl sites for hydroxylation is 1. The lowest BCUT2D eigenvalue weighted by atomic mass is 10.1. The predicted octanol–water partition coefficient (Wildman–Crippen LogP) is 1.83. The van der Waals surface area contributed by atoms with Crippen LogP contribution in [0.3, 0.4) is 0 Å². The minimum Gasteiger partial charge on any atom is -0.508 e. The molecule has 0 radical (unpaired) electrons. The van der Waals surface area contributed by atoms with Crippen LogP contribution in [0, 0.1) is 0 Å². The zero-order valence-corrected chi connectivity index (χ0v) is 6.83. The van der Waals surface area contributed by atoms with E-state index < -0.39 is 0 Å². The molecule has 2 rings (SSSR count). The number of imidazole rings is 1. The summed E-state index contributed by atoms with van der Waals surface area (Å²) in [5.74, 6) is 0.331. The molecule has 2 N–H and O–H groups in total. The summed E-state index contributed by atoms with van der Waals surface area (Å²) in [6, 6.07) is 3.52. The highest BCUT2D eigenvalue weighted by atomic mass is 16.3. The van der Waals surface area contributed by atoms with Crippen LogP contribution in [0.4, 0.5) is 0 Å². The topological polar surface area (TPSA) is 48.9 Å². The zero-order chi connectivity index (χ0) is 8.55. The molecule has 0 bridgehead atoms. The van der Waals surface area contributed by atoms with E-state index in [1.165, 1.54) is 0 Å². The molecule has 1 aromatic carbocycles. The van der Waals surface area contributed by atoms with Crippen molar-refractivity contribution in [2.75, 3.05) is 0 Å². The number of aromatic amines is 1. The number of nitrogens with one attached hydrogen (secondary N) is 1. The number of nitrogens with zero attached hydrogens (tertiary/aromatic N) is 1. The van der Waals surface area contributed by atoms with E-state index in [1.807, 2.05) is 13.0 Å². The smallest absolute Gasteiger partial charge is 0.121 e. The predicted molar refractivity (Wildman–Crippen MR) is 47.1 cm³/mol. The summed E-state index contributed by atoms with van der Waals surface area (Å²) >= 11 is 0. The summed E-state index contributed by atoms with van der Waals surface area (Å²) in [6.07, 6.45) is 2.44. The first-order chi connectivity index (χ1) is 5.83. The fourth-order valence-electron chi connectivity index (χ4n) is 1.40. The van der Waals surface area contributed by atoms with Gasteiger partial charge in [-0.05, 0) is 18.6 Å². The van der Waals surface area contributed by atoms with Gasteiger partial charge in [-0.1, -0.05) is 6.92 Å². The Morgan fingerprint density at radius 1 is 1.50 bits per heavy atom. The van der Waals surface area contributed by atoms with Gasteiger partial charge in [-0.3, -0.25) is 0 Å². The van der Waals surface area contributed by atoms with Crippen LogP contribution in [-0.2, 0) is 6.42 Å². The third-order valence-corrected chi connectivity index (χ3v) is 2.03. The summed E-state index contributed by atoms with van der Waals surface area (Å²) in [5.41, 5.74) is 2.76. The van der Waals surface area contributed by atoms with Crippen molar-refractivity contribution in [2.24, 2.45) is 0 Å². The first-order valence-corrected chi connectivity index (χ1v) is 3.97. The molecule has 1 aromatic heterocycles. The molecular formula is C9H10N2O. The zero-order valence-electron chi connectivity index (χ0n) is 6.83. The van der Waals surface area contributed by atoms with Crippen molar-refractivity contribution in [3.63, 3.8) is 0 Å². The molecule has 0 aliphatic rings. The number of H-pyrrole nitrogens is 1. The van der Waals surface area contributed by atoms with Gasteiger partial charge in [-0.25, -0.2) is 4.98 Å². The maximum Gasteiger partial charge on any atom is 0.121 e. The van der Waals surface area contributed by atoms with Crippen molar-refractivity contribution in [3.8, 4) is 5.75 Å². The third-order valence-electron chi connectivity index (χ3n) is 2.03. The van der Waals surface area contributed by atoms with Crippen molar-refractivity contribution in [1.82, 2.24) is 9.97 Å². The van der Waals surface area contributed by atoms with Crippen molar-refractivity contribution in [3.05, 3.63) is 24.0 Å². The molecule has 0 spiro atoms. The molecule has 62 valence electrons. The highest BCUT2D eigenvalue weighted by molar-refractivity contribution is 5.80. The Labute approximate surface area is 70.1 Å². The molecule has 2 aromatic rings. The molecule has 0 saturated heterocycles. The van der Waals surface area contributed by atoms with E-state index in [1.54, 1.807) is 12.4 Å². The number of benzene rings is 1. The van der Waals surface area contributed by atoms with Crippen LogP contribution in [-0.4, -0.2) is 15.1 Å². The van der Waals surface area contributed by atoms with Crippen LogP contribution in [0.1, 0.15) is 12.5 Å². The Balaban J connectivity index is 2.83. The van der Waals surface area contributed by atoms with Gasteiger partial charge in [0, 0.05) is 5.56 Å². The number of fused-ring (bicyclic) bond motifs is 1. The Morgan fingerprint density at radius 2 is 2.33 bits per heavy atom. The molecule has 0 aliphatic heterocycles. The third kappa shape index (κ3) is 0.863. The van der Waals surface area contributed by atoms with Crippen LogP contribution in [0.2, 0.25) is 0 Å². The second kappa shape index (κ2) is 2.52. The van der Waals surface area contributed by atoms with E-state index in [0.29, 0.717) is 5.75 Å². The summed E-state index contributed by atoms with van der Waals surface area (Å²) in [5, 5.41) is 9.47. The van der Waals surface area contributed by atoms with E-state index in [2.05, 4.69) is 9.97 Å². The highest BCUT2D eigenvalue weighted by Gasteiger charge is 2.05. The molecule has 0 aliphatic carbocycles. The standard InChI is InChI=1S/C9H10N2O/c1-2-6-8(12)4-3-7-9(6)11-5-10-7/h3-5,12H,2H2,1H3,(H,10,11). The number of aromatic nitrogens is 2. The quantitative estimate of drug-likeness (QED) is 0.672. The number of rotatable bonds is 1. The highest BCUT2D eigenvalue weighted by Crippen LogP contribution is 2.24. The molecule has 12 heavy (non-hydrogen) atoms. The van der Waals surface area contributed by atoms with Crippen molar-refractivity contribution >= 4 is 11.0 Å². The summed E-state index contributed by atoms with van der Waals surface area (Å²) in [6.45, 7) is 2.00. The molecule has 3 heteroatoms. The van der Waals surface area contributed by atoms with Gasteiger partial charge in [0.2, 0.25) is 0 Å². The first-order valence-electron chi connectivity index (χ1n) is 3.97. The average Bonchev–Trinajstić information content (AvgIpc) is 2.52. The van der Waals surface area contributed by atoms with E-state index in [9.17, 15) is 5.11 Å². The Bertz CT molecular complexity index is 406. The maximum absolute atomic E-state index is 9.47. The number of hydrogen-bond acceptors (Lipinski definition) is 2. The lowest BCUT2D eigenvalue weighted by Gasteiger charge is -2.00. The van der Waals surface area contributed by atoms with E-state index in [4.69, 9.17) is 0 Å². The van der Waals surface area contributed by atoms with E-state index >= 15 is 0 Å². The molecule has 0 unspecified atom stereocenters. The number of aromatic hydroxyl groups is 1. The van der Waals surface area contributed by atoms with Gasteiger partial charge in [0.1, 0.15) is 5.75 Å². The molecular weight excluding hydrogens is 152 g/mol. The minimum atomic E-state index is 0.331. The minimum absolute atomic E-state index is 0.331. The van der Waals surface area contributed by atoms with Gasteiger partial charge in [-0.2, -0.15) is 0 Å². The first kappa shape index (κ1) is 7.16. The van der Waals surface area contributed by atoms with Gasteiger partial charge in [0.05, 0.1) is 17.4 Å². The maximum atomic E-state index is 9.47. The summed E-state index contributed by atoms with van der Waals surface area (Å²) in [7, 11) is 0. The van der Waals surface area contributed by atoms with Gasteiger partial charge in [0.15, 0.2) is 0 Å². The van der Waals surface area contributed by atoms with Crippen molar-refractivity contribution in [1.29, 1.82) is 0 Å². The normalized spacial score (nSPS) is 10.8. The van der Waals surface area contributed by atoms with Gasteiger partial charge in [0.25, 0.3) is 0 Å². The lowest BCUT2D eigenvalue weighted by Crippen LogP contribution is -1.83. The lowest BCUT2D eigenvalue weighted by molar-refractivity contribution is 0.470. The monoisotopic (exact) mass is 162 g/mol. The Hall–Kier alpha value is -1.51. The van der Waals surface area contributed by atoms with Crippen LogP contribution < -0.4 is 0 Å². The molecule has 0 atom stereocenters. The molecule has 0 amide bonds. The molecule has 3 nitrogen and oxygen atoms in total. The Morgan fingerprint density at radius 3 is 3.08 bits per heavy atom. The van der Waals surface area contributed by atoms with Crippen LogP contribution in [0.5, 0.6) is 5.75 Å². The SMILES string of the molecule is CCc1c(O)ccc2[nH]cnc12. The number of phenols is 1. The van der Waals surface area contributed by atoms with E-state index in [0.717, 1.165) is 23.0 Å². The Kier molecular flexibility index (Phi) is 1.50. The van der Waals surface area contributed by atoms with Crippen LogP contribution in [0.15, 0.2) is 18.5 Å². The van der Waals surface area contributed by atoms with E-state index in [-0.39, 0.29) is 0 Å². The summed E-state index contributed by atoms with van der Waals surface area (Å²) in [4.78, 5) is 7.13. The number of phenolic OH excluding ortho intramolecular Hbond substituents is 1. The van der Waals surface area contributed by atoms with Gasteiger partial charge >= 0.3 is 0 Å². The average molecular weight is 162 g/mol. The molecule has 0 fully saturated rings. The van der Waals surface area contributed by atoms with Crippen LogP contribution in [0.25, 0.3) is 11.0 Å². The largest absolute Gasteiger partial charge is 0.508 e. The molecule has 0 saturated carbocycles.